The molecule has 4 rings (SSSR count). The molecule has 0 unspecified atom stereocenters. The minimum Gasteiger partial charge on any atom is -0.461 e. The number of rotatable bonds is 4. The van der Waals surface area contributed by atoms with Gasteiger partial charge in [-0.2, -0.15) is 0 Å². The molecule has 2 aliphatic rings. The summed E-state index contributed by atoms with van der Waals surface area (Å²) in [6.07, 6.45) is 4.25. The third-order valence-electron chi connectivity index (χ3n) is 6.02. The van der Waals surface area contributed by atoms with Crippen LogP contribution in [0.15, 0.2) is 33.7 Å². The van der Waals surface area contributed by atoms with Crippen LogP contribution in [0.1, 0.15) is 44.8 Å². The number of aliphatic imine (C=N–C) groups is 1. The van der Waals surface area contributed by atoms with Crippen LogP contribution in [0.4, 0.5) is 5.69 Å². The minimum absolute atomic E-state index is 0.00519. The van der Waals surface area contributed by atoms with E-state index in [0.29, 0.717) is 13.0 Å². The maximum atomic E-state index is 13.2. The fraction of sp³-hybridized carbons (Fsp3) is 0.500. The van der Waals surface area contributed by atoms with Crippen molar-refractivity contribution in [3.8, 4) is 0 Å². The third kappa shape index (κ3) is 5.71. The summed E-state index contributed by atoms with van der Waals surface area (Å²) in [7, 11) is 0. The van der Waals surface area contributed by atoms with Crippen LogP contribution < -0.4 is 10.6 Å². The highest BCUT2D eigenvalue weighted by Crippen LogP contribution is 2.23. The van der Waals surface area contributed by atoms with Crippen molar-refractivity contribution in [3.63, 3.8) is 0 Å². The smallest absolute Gasteiger partial charge is 0.247 e. The predicted octanol–water partition coefficient (Wildman–Crippen LogP) is 2.65. The zero-order valence-electron chi connectivity index (χ0n) is 19.2. The molecule has 1 aromatic carbocycles. The molecule has 3 heterocycles. The Morgan fingerprint density at radius 1 is 1.12 bits per heavy atom. The molecular weight excluding hydrogens is 422 g/mol. The van der Waals surface area contributed by atoms with Crippen LogP contribution in [0.25, 0.3) is 11.0 Å². The molecule has 2 fully saturated rings. The average Bonchev–Trinajstić information content (AvgIpc) is 3.39. The zero-order valence-corrected chi connectivity index (χ0v) is 19.2. The van der Waals surface area contributed by atoms with Gasteiger partial charge in [-0.3, -0.25) is 19.7 Å². The van der Waals surface area contributed by atoms with E-state index in [1.807, 2.05) is 36.1 Å². The van der Waals surface area contributed by atoms with Gasteiger partial charge in [-0.05, 0) is 63.3 Å². The topological polar surface area (TPSA) is 107 Å². The molecule has 9 heteroatoms. The highest BCUT2D eigenvalue weighted by atomic mass is 16.3. The number of nitrogens with one attached hydrogen (secondary N) is 2. The Balaban J connectivity index is 1.52. The monoisotopic (exact) mass is 453 g/mol. The molecule has 33 heavy (non-hydrogen) atoms. The first-order chi connectivity index (χ1) is 15.9. The number of fused-ring (bicyclic) bond motifs is 1. The van der Waals surface area contributed by atoms with E-state index in [-0.39, 0.29) is 30.2 Å². The number of likely N-dealkylation sites (tertiary alicyclic amines) is 2. The average molecular weight is 454 g/mol. The Morgan fingerprint density at radius 2 is 1.88 bits per heavy atom. The van der Waals surface area contributed by atoms with Crippen LogP contribution in [0.5, 0.6) is 0 Å². The number of anilines is 1. The summed E-state index contributed by atoms with van der Waals surface area (Å²) in [5.74, 6) is 0.558. The largest absolute Gasteiger partial charge is 0.461 e. The summed E-state index contributed by atoms with van der Waals surface area (Å²) >= 11 is 0. The second-order valence-corrected chi connectivity index (χ2v) is 8.75. The van der Waals surface area contributed by atoms with Crippen molar-refractivity contribution in [3.05, 3.63) is 30.0 Å². The predicted molar refractivity (Wildman–Crippen MR) is 126 cm³/mol. The number of hydrogen-bond acceptors (Lipinski definition) is 5. The lowest BCUT2D eigenvalue weighted by atomic mass is 10.1. The zero-order chi connectivity index (χ0) is 23.4. The molecule has 9 nitrogen and oxygen atoms in total. The molecule has 1 atom stereocenters. The molecule has 0 bridgehead atoms. The number of aryl methyl sites for hydroxylation is 1. The molecule has 2 aromatic rings. The van der Waals surface area contributed by atoms with Crippen LogP contribution >= 0.6 is 0 Å². The normalized spacial score (nSPS) is 19.6. The molecule has 2 aliphatic heterocycles. The number of amides is 3. The molecule has 1 aromatic heterocycles. The van der Waals surface area contributed by atoms with E-state index in [4.69, 9.17) is 4.42 Å². The van der Waals surface area contributed by atoms with Gasteiger partial charge in [0.05, 0.1) is 6.54 Å². The second kappa shape index (κ2) is 10.1. The molecule has 2 N–H and O–H groups in total. The molecular formula is C24H31N5O4. The summed E-state index contributed by atoms with van der Waals surface area (Å²) < 4.78 is 5.61. The number of guanidine groups is 1. The van der Waals surface area contributed by atoms with E-state index in [1.165, 1.54) is 6.92 Å². The maximum Gasteiger partial charge on any atom is 0.247 e. The van der Waals surface area contributed by atoms with Gasteiger partial charge in [0.1, 0.15) is 17.4 Å². The van der Waals surface area contributed by atoms with Gasteiger partial charge in [0.25, 0.3) is 0 Å². The molecule has 176 valence electrons. The fourth-order valence-electron chi connectivity index (χ4n) is 4.40. The lowest BCUT2D eigenvalue weighted by Crippen LogP contribution is -2.45. The Kier molecular flexibility index (Phi) is 6.96. The van der Waals surface area contributed by atoms with Crippen LogP contribution in [0.3, 0.4) is 0 Å². The minimum atomic E-state index is -0.659. The van der Waals surface area contributed by atoms with E-state index in [9.17, 15) is 14.4 Å². The molecule has 3 amide bonds. The molecule has 0 radical (unpaired) electrons. The van der Waals surface area contributed by atoms with Crippen LogP contribution in [-0.2, 0) is 14.4 Å². The highest BCUT2D eigenvalue weighted by molar-refractivity contribution is 6.05. The molecule has 2 saturated heterocycles. The first-order valence-corrected chi connectivity index (χ1v) is 11.6. The second-order valence-electron chi connectivity index (χ2n) is 8.75. The van der Waals surface area contributed by atoms with Gasteiger partial charge in [0, 0.05) is 37.6 Å². The van der Waals surface area contributed by atoms with Gasteiger partial charge in [0.15, 0.2) is 0 Å². The first kappa shape index (κ1) is 22.8. The van der Waals surface area contributed by atoms with Crippen molar-refractivity contribution in [2.45, 2.75) is 52.0 Å². The van der Waals surface area contributed by atoms with Gasteiger partial charge in [0.2, 0.25) is 23.7 Å². The first-order valence-electron chi connectivity index (χ1n) is 11.6. The van der Waals surface area contributed by atoms with Crippen molar-refractivity contribution in [2.75, 3.05) is 31.5 Å². The molecule has 0 spiro atoms. The Bertz CT molecular complexity index is 1070. The third-order valence-corrected chi connectivity index (χ3v) is 6.02. The van der Waals surface area contributed by atoms with E-state index in [0.717, 1.165) is 61.2 Å². The van der Waals surface area contributed by atoms with Crippen LogP contribution in [-0.4, -0.2) is 65.7 Å². The number of carbonyl (C=O) groups excluding carboxylic acids is 3. The van der Waals surface area contributed by atoms with Gasteiger partial charge in [-0.25, -0.2) is 4.99 Å². The van der Waals surface area contributed by atoms with E-state index >= 15 is 0 Å². The summed E-state index contributed by atoms with van der Waals surface area (Å²) in [6.45, 7) is 5.44. The van der Waals surface area contributed by atoms with Gasteiger partial charge in [-0.15, -0.1) is 0 Å². The van der Waals surface area contributed by atoms with E-state index in [1.54, 1.807) is 4.90 Å². The van der Waals surface area contributed by atoms with Crippen molar-refractivity contribution in [1.29, 1.82) is 0 Å². The van der Waals surface area contributed by atoms with Crippen molar-refractivity contribution in [1.82, 2.24) is 15.1 Å². The Labute approximate surface area is 193 Å². The van der Waals surface area contributed by atoms with Gasteiger partial charge >= 0.3 is 0 Å². The highest BCUT2D eigenvalue weighted by Gasteiger charge is 2.30. The van der Waals surface area contributed by atoms with Gasteiger partial charge in [-0.1, -0.05) is 0 Å². The number of benzene rings is 1. The van der Waals surface area contributed by atoms with Crippen LogP contribution in [0.2, 0.25) is 0 Å². The lowest BCUT2D eigenvalue weighted by molar-refractivity contribution is -0.140. The molecule has 0 saturated carbocycles. The number of furan rings is 1. The maximum absolute atomic E-state index is 13.2. The molecule has 0 aliphatic carbocycles. The SMILES string of the molecule is CC(=O)NC(=N[C@H]1CCCCN(CC(=O)N2CCCC2)C1=O)Nc1ccc2oc(C)cc2c1. The summed E-state index contributed by atoms with van der Waals surface area (Å²) in [5.41, 5.74) is 1.49. The van der Waals surface area contributed by atoms with Crippen molar-refractivity contribution < 1.29 is 18.8 Å². The van der Waals surface area contributed by atoms with E-state index < -0.39 is 6.04 Å². The van der Waals surface area contributed by atoms with E-state index in [2.05, 4.69) is 15.6 Å². The number of nitrogens with zero attached hydrogens (tertiary/aromatic N) is 3. The number of hydrogen-bond donors (Lipinski definition) is 2. The lowest BCUT2D eigenvalue weighted by Gasteiger charge is -2.25. The summed E-state index contributed by atoms with van der Waals surface area (Å²) in [4.78, 5) is 45.7. The fourth-order valence-corrected chi connectivity index (χ4v) is 4.40. The van der Waals surface area contributed by atoms with Gasteiger partial charge < -0.3 is 19.5 Å². The summed E-state index contributed by atoms with van der Waals surface area (Å²) in [6, 6.07) is 6.85. The summed E-state index contributed by atoms with van der Waals surface area (Å²) in [5, 5.41) is 6.76. The van der Waals surface area contributed by atoms with Crippen molar-refractivity contribution >= 4 is 40.3 Å². The van der Waals surface area contributed by atoms with Crippen molar-refractivity contribution in [2.24, 2.45) is 4.99 Å². The quantitative estimate of drug-likeness (QED) is 0.547. The Hall–Kier alpha value is -3.36. The standard InChI is InChI=1S/C24H31N5O4/c1-16-13-18-14-19(8-9-21(18)33-16)26-24(25-17(2)30)27-20-7-3-4-12-29(23(20)32)15-22(31)28-10-5-6-11-28/h8-9,13-14,20H,3-7,10-12,15H2,1-2H3,(H2,25,26,27,30)/t20-/m0/s1. The number of carbonyl (C=O) groups is 3. The Morgan fingerprint density at radius 3 is 2.64 bits per heavy atom. The van der Waals surface area contributed by atoms with Crippen LogP contribution in [0, 0.1) is 6.92 Å².